The number of aliphatic carboxylic acids is 1. The van der Waals surface area contributed by atoms with Gasteiger partial charge in [-0.2, -0.15) is 0 Å². The summed E-state index contributed by atoms with van der Waals surface area (Å²) in [4.78, 5) is 62.6. The molecule has 0 aromatic rings. The van der Waals surface area contributed by atoms with Gasteiger partial charge < -0.3 is 44.0 Å². The van der Waals surface area contributed by atoms with E-state index < -0.39 is 60.2 Å². The van der Waals surface area contributed by atoms with Gasteiger partial charge in [-0.05, 0) is 25.2 Å². The number of carboxylic acid groups (broad SMARTS) is 1. The van der Waals surface area contributed by atoms with E-state index in [2.05, 4.69) is 20.9 Å². The van der Waals surface area contributed by atoms with Crippen molar-refractivity contribution in [1.29, 1.82) is 0 Å². The normalized spacial score (nSPS) is 13.4. The van der Waals surface area contributed by atoms with E-state index in [0.717, 1.165) is 0 Å². The number of guanidine groups is 1. The number of nitrogens with one attached hydrogen (secondary N) is 3. The summed E-state index contributed by atoms with van der Waals surface area (Å²) in [5.41, 5.74) is 21.1. The molecule has 0 aromatic carbocycles. The summed E-state index contributed by atoms with van der Waals surface area (Å²) >= 11 is 0. The Morgan fingerprint density at radius 3 is 2.09 bits per heavy atom. The zero-order valence-electron chi connectivity index (χ0n) is 18.3. The lowest BCUT2D eigenvalue weighted by atomic mass is 10.0. The number of carboxylic acids is 1. The summed E-state index contributed by atoms with van der Waals surface area (Å²) in [7, 11) is 0. The van der Waals surface area contributed by atoms with Crippen LogP contribution in [0, 0.1) is 5.92 Å². The number of rotatable bonds is 15. The minimum atomic E-state index is -1.34. The first-order valence-corrected chi connectivity index (χ1v) is 10.0. The van der Waals surface area contributed by atoms with Crippen LogP contribution in [0.4, 0.5) is 0 Å². The van der Waals surface area contributed by atoms with Crippen molar-refractivity contribution < 1.29 is 29.1 Å². The molecule has 0 saturated carbocycles. The van der Waals surface area contributed by atoms with E-state index in [1.807, 2.05) is 0 Å². The number of carbonyl (C=O) groups is 5. The maximum absolute atomic E-state index is 12.5. The standard InChI is InChI=1S/C18H34N8O6/c1-9(2)14(16(30)25-11(17(31)32)5-6-12(20)27)26-13(28)8-24-15(29)10(19)4-3-7-23-18(21)22/h9-11,14H,3-8,19H2,1-2H3,(H2,20,27)(H,24,29)(H,25,30)(H,26,28)(H,31,32)(H4,21,22,23). The number of hydrogen-bond acceptors (Lipinski definition) is 7. The molecule has 0 aromatic heterocycles. The van der Waals surface area contributed by atoms with Gasteiger partial charge in [-0.15, -0.1) is 0 Å². The van der Waals surface area contributed by atoms with Crippen molar-refractivity contribution in [1.82, 2.24) is 16.0 Å². The topological polar surface area (TPSA) is 258 Å². The molecule has 0 aliphatic heterocycles. The number of amides is 4. The predicted molar refractivity (Wildman–Crippen MR) is 116 cm³/mol. The highest BCUT2D eigenvalue weighted by Crippen LogP contribution is 2.05. The molecule has 0 aliphatic carbocycles. The Morgan fingerprint density at radius 1 is 0.969 bits per heavy atom. The number of hydrogen-bond donors (Lipinski definition) is 8. The van der Waals surface area contributed by atoms with Crippen LogP contribution in [0.3, 0.4) is 0 Å². The second kappa shape index (κ2) is 14.6. The molecule has 0 saturated heterocycles. The predicted octanol–water partition coefficient (Wildman–Crippen LogP) is -3.54. The van der Waals surface area contributed by atoms with Crippen molar-refractivity contribution in [2.75, 3.05) is 13.1 Å². The summed E-state index contributed by atoms with van der Waals surface area (Å²) in [6, 6.07) is -3.28. The highest BCUT2D eigenvalue weighted by atomic mass is 16.4. The molecule has 3 atom stereocenters. The molecule has 32 heavy (non-hydrogen) atoms. The fraction of sp³-hybridized carbons (Fsp3) is 0.667. The quantitative estimate of drug-likeness (QED) is 0.0685. The monoisotopic (exact) mass is 458 g/mol. The highest BCUT2D eigenvalue weighted by molar-refractivity contribution is 5.92. The number of primary amides is 1. The molecule has 182 valence electrons. The van der Waals surface area contributed by atoms with Gasteiger partial charge in [0.1, 0.15) is 12.1 Å². The molecule has 0 aliphatic rings. The average Bonchev–Trinajstić information content (AvgIpc) is 2.69. The van der Waals surface area contributed by atoms with E-state index in [9.17, 15) is 29.1 Å². The second-order valence-electron chi connectivity index (χ2n) is 7.47. The fourth-order valence-electron chi connectivity index (χ4n) is 2.51. The molecule has 0 fully saturated rings. The summed E-state index contributed by atoms with van der Waals surface area (Å²) in [5, 5.41) is 16.3. The maximum Gasteiger partial charge on any atom is 0.326 e. The first-order valence-electron chi connectivity index (χ1n) is 10.0. The summed E-state index contributed by atoms with van der Waals surface area (Å²) in [6.07, 6.45) is 0.346. The third-order valence-electron chi connectivity index (χ3n) is 4.29. The van der Waals surface area contributed by atoms with Crippen LogP contribution in [-0.4, -0.2) is 71.9 Å². The SMILES string of the molecule is CC(C)C(NC(=O)CNC(=O)C(N)CCCN=C(N)N)C(=O)NC(CCC(N)=O)C(=O)O. The number of nitrogens with two attached hydrogens (primary N) is 4. The summed E-state index contributed by atoms with van der Waals surface area (Å²) < 4.78 is 0. The van der Waals surface area contributed by atoms with Crippen molar-refractivity contribution in [3.05, 3.63) is 0 Å². The fourth-order valence-corrected chi connectivity index (χ4v) is 2.51. The van der Waals surface area contributed by atoms with Crippen molar-refractivity contribution in [2.45, 2.75) is 57.7 Å². The highest BCUT2D eigenvalue weighted by Gasteiger charge is 2.29. The molecular weight excluding hydrogens is 424 g/mol. The Morgan fingerprint density at radius 2 is 1.59 bits per heavy atom. The van der Waals surface area contributed by atoms with E-state index in [0.29, 0.717) is 19.4 Å². The van der Waals surface area contributed by atoms with Crippen LogP contribution < -0.4 is 38.9 Å². The lowest BCUT2D eigenvalue weighted by Gasteiger charge is -2.24. The largest absolute Gasteiger partial charge is 0.480 e. The Kier molecular flexibility index (Phi) is 13.0. The minimum absolute atomic E-state index is 0.0639. The van der Waals surface area contributed by atoms with Gasteiger partial charge in [0, 0.05) is 13.0 Å². The smallest absolute Gasteiger partial charge is 0.326 e. The van der Waals surface area contributed by atoms with Crippen LogP contribution in [0.15, 0.2) is 4.99 Å². The van der Waals surface area contributed by atoms with E-state index in [4.69, 9.17) is 22.9 Å². The molecule has 0 bridgehead atoms. The van der Waals surface area contributed by atoms with Crippen LogP contribution in [0.2, 0.25) is 0 Å². The van der Waals surface area contributed by atoms with Gasteiger partial charge in [-0.25, -0.2) is 4.79 Å². The molecule has 0 spiro atoms. The van der Waals surface area contributed by atoms with Gasteiger partial charge >= 0.3 is 5.97 Å². The van der Waals surface area contributed by atoms with Crippen LogP contribution in [0.5, 0.6) is 0 Å². The van der Waals surface area contributed by atoms with E-state index in [1.165, 1.54) is 0 Å². The third-order valence-corrected chi connectivity index (χ3v) is 4.29. The van der Waals surface area contributed by atoms with Gasteiger partial charge in [0.15, 0.2) is 5.96 Å². The van der Waals surface area contributed by atoms with Crippen molar-refractivity contribution in [3.8, 4) is 0 Å². The second-order valence-corrected chi connectivity index (χ2v) is 7.47. The number of nitrogens with zero attached hydrogens (tertiary/aromatic N) is 1. The third kappa shape index (κ3) is 12.3. The number of carbonyl (C=O) groups excluding carboxylic acids is 4. The van der Waals surface area contributed by atoms with Gasteiger partial charge in [0.25, 0.3) is 0 Å². The lowest BCUT2D eigenvalue weighted by Crippen LogP contribution is -2.55. The van der Waals surface area contributed by atoms with Crippen LogP contribution in [0.1, 0.15) is 39.5 Å². The van der Waals surface area contributed by atoms with Crippen molar-refractivity contribution in [2.24, 2.45) is 33.8 Å². The Hall–Kier alpha value is -3.42. The van der Waals surface area contributed by atoms with E-state index in [-0.39, 0.29) is 18.8 Å². The lowest BCUT2D eigenvalue weighted by molar-refractivity contribution is -0.142. The van der Waals surface area contributed by atoms with Crippen molar-refractivity contribution in [3.63, 3.8) is 0 Å². The molecule has 12 N–H and O–H groups in total. The zero-order valence-corrected chi connectivity index (χ0v) is 18.3. The molecule has 0 heterocycles. The van der Waals surface area contributed by atoms with E-state index in [1.54, 1.807) is 13.8 Å². The first-order chi connectivity index (χ1) is 14.8. The zero-order chi connectivity index (χ0) is 24.8. The van der Waals surface area contributed by atoms with Gasteiger partial charge in [0.05, 0.1) is 12.6 Å². The minimum Gasteiger partial charge on any atom is -0.480 e. The van der Waals surface area contributed by atoms with E-state index >= 15 is 0 Å². The summed E-state index contributed by atoms with van der Waals surface area (Å²) in [5.74, 6) is -4.47. The number of aliphatic imine (C=N–C) groups is 1. The van der Waals surface area contributed by atoms with Crippen LogP contribution in [0.25, 0.3) is 0 Å². The van der Waals surface area contributed by atoms with Gasteiger partial charge in [0.2, 0.25) is 23.6 Å². The maximum atomic E-state index is 12.5. The molecular formula is C18H34N8O6. The molecule has 0 radical (unpaired) electrons. The Balaban J connectivity index is 4.70. The Labute approximate surface area is 185 Å². The molecule has 3 unspecified atom stereocenters. The van der Waals surface area contributed by atoms with Gasteiger partial charge in [-0.1, -0.05) is 13.8 Å². The van der Waals surface area contributed by atoms with Crippen molar-refractivity contribution >= 4 is 35.6 Å². The van der Waals surface area contributed by atoms with Crippen LogP contribution in [-0.2, 0) is 24.0 Å². The molecule has 14 nitrogen and oxygen atoms in total. The molecule has 0 rings (SSSR count). The first kappa shape index (κ1) is 28.6. The molecule has 4 amide bonds. The van der Waals surface area contributed by atoms with Gasteiger partial charge in [-0.3, -0.25) is 24.2 Å². The van der Waals surface area contributed by atoms with Crippen LogP contribution >= 0.6 is 0 Å². The average molecular weight is 459 g/mol. The molecule has 14 heteroatoms. The summed E-state index contributed by atoms with van der Waals surface area (Å²) in [6.45, 7) is 3.18. The Bertz CT molecular complexity index is 708.